The second kappa shape index (κ2) is 11.7. The minimum Gasteiger partial charge on any atom is -0.492 e. The van der Waals surface area contributed by atoms with Crippen LogP contribution in [0.4, 0.5) is 0 Å². The highest BCUT2D eigenvalue weighted by Gasteiger charge is 2.22. The number of ketones is 1. The number of H-pyrrole nitrogens is 1. The van der Waals surface area contributed by atoms with Gasteiger partial charge in [0.05, 0.1) is 24.8 Å². The summed E-state index contributed by atoms with van der Waals surface area (Å²) in [6.07, 6.45) is 7.07. The van der Waals surface area contributed by atoms with E-state index in [9.17, 15) is 14.7 Å². The molecule has 3 N–H and O–H groups in total. The highest BCUT2D eigenvalue weighted by Crippen LogP contribution is 2.30. The molecular formula is C29H32N2O4. The number of ether oxygens (including phenoxy) is 1. The molecule has 0 radical (unpaired) electrons. The van der Waals surface area contributed by atoms with Crippen LogP contribution < -0.4 is 10.1 Å². The molecule has 0 bridgehead atoms. The summed E-state index contributed by atoms with van der Waals surface area (Å²) in [5, 5.41) is 14.1. The molecule has 35 heavy (non-hydrogen) atoms. The lowest BCUT2D eigenvalue weighted by molar-refractivity contribution is -0.117. The number of benzene rings is 2. The Balaban J connectivity index is 1.54. The highest BCUT2D eigenvalue weighted by molar-refractivity contribution is 5.98. The third kappa shape index (κ3) is 6.32. The molecule has 2 aromatic carbocycles. The minimum atomic E-state index is -0.440. The number of aromatic nitrogens is 1. The number of aliphatic hydroxyl groups is 1. The number of nitrogens with one attached hydrogen (secondary N) is 2. The van der Waals surface area contributed by atoms with Crippen molar-refractivity contribution in [3.8, 4) is 17.6 Å². The van der Waals surface area contributed by atoms with E-state index in [4.69, 9.17) is 4.74 Å². The van der Waals surface area contributed by atoms with Crippen molar-refractivity contribution >= 4 is 22.6 Å². The maximum atomic E-state index is 13.4. The Labute approximate surface area is 206 Å². The number of aliphatic hydroxyl groups excluding tert-OH is 1. The van der Waals surface area contributed by atoms with Crippen LogP contribution in [0.5, 0.6) is 5.75 Å². The third-order valence-electron chi connectivity index (χ3n) is 6.26. The lowest BCUT2D eigenvalue weighted by atomic mass is 9.99. The van der Waals surface area contributed by atoms with Gasteiger partial charge < -0.3 is 24.9 Å². The van der Waals surface area contributed by atoms with Crippen molar-refractivity contribution in [3.63, 3.8) is 0 Å². The summed E-state index contributed by atoms with van der Waals surface area (Å²) in [4.78, 5) is 27.8. The van der Waals surface area contributed by atoms with Crippen molar-refractivity contribution in [1.29, 1.82) is 0 Å². The number of hydrogen-bond donors (Lipinski definition) is 3. The first-order valence-electron chi connectivity index (χ1n) is 12.3. The van der Waals surface area contributed by atoms with Crippen LogP contribution >= 0.6 is 0 Å². The molecule has 1 aromatic heterocycles. The summed E-state index contributed by atoms with van der Waals surface area (Å²) in [5.41, 5.74) is 4.27. The number of aryl methyl sites for hydroxylation is 1. The van der Waals surface area contributed by atoms with Gasteiger partial charge in [0.25, 0.3) is 5.91 Å². The zero-order chi connectivity index (χ0) is 24.6. The molecule has 1 aliphatic rings. The number of fused-ring (bicyclic) bond motifs is 2. The fraction of sp³-hybridized carbons (Fsp3) is 0.379. The van der Waals surface area contributed by atoms with Crippen LogP contribution in [0.15, 0.2) is 42.6 Å². The van der Waals surface area contributed by atoms with Crippen LogP contribution in [0.25, 0.3) is 10.9 Å². The molecule has 3 aromatic rings. The van der Waals surface area contributed by atoms with Gasteiger partial charge in [-0.05, 0) is 68.4 Å². The molecule has 4 rings (SSSR count). The number of aromatic amines is 1. The molecule has 1 aliphatic heterocycles. The smallest absolute Gasteiger partial charge is 0.255 e. The Hall–Kier alpha value is -3.56. The topological polar surface area (TPSA) is 91.4 Å². The van der Waals surface area contributed by atoms with E-state index in [2.05, 4.69) is 22.1 Å². The lowest BCUT2D eigenvalue weighted by Gasteiger charge is -2.19. The van der Waals surface area contributed by atoms with Crippen LogP contribution in [0, 0.1) is 11.8 Å². The molecule has 2 heterocycles. The van der Waals surface area contributed by atoms with E-state index in [1.165, 1.54) is 0 Å². The first-order valence-corrected chi connectivity index (χ1v) is 12.3. The van der Waals surface area contributed by atoms with E-state index in [1.807, 2.05) is 36.5 Å². The van der Waals surface area contributed by atoms with E-state index < -0.39 is 6.04 Å². The fourth-order valence-electron chi connectivity index (χ4n) is 4.46. The summed E-state index contributed by atoms with van der Waals surface area (Å²) in [5.74, 6) is 6.79. The Morgan fingerprint density at radius 1 is 1.23 bits per heavy atom. The number of unbranched alkanes of at least 4 members (excludes halogenated alkanes) is 1. The van der Waals surface area contributed by atoms with Gasteiger partial charge in [-0.3, -0.25) is 4.79 Å². The van der Waals surface area contributed by atoms with Crippen molar-refractivity contribution in [1.82, 2.24) is 10.3 Å². The Kier molecular flexibility index (Phi) is 8.23. The predicted octanol–water partition coefficient (Wildman–Crippen LogP) is 4.33. The number of Topliss-reactive ketones (excluding diaryl/α,β-unsaturated/α-hetero) is 1. The lowest BCUT2D eigenvalue weighted by Crippen LogP contribution is -2.39. The van der Waals surface area contributed by atoms with Crippen molar-refractivity contribution < 1.29 is 19.4 Å². The van der Waals surface area contributed by atoms with E-state index in [0.29, 0.717) is 37.2 Å². The molecule has 0 fully saturated rings. The van der Waals surface area contributed by atoms with Crippen molar-refractivity contribution in [2.24, 2.45) is 0 Å². The maximum absolute atomic E-state index is 13.4. The van der Waals surface area contributed by atoms with Gasteiger partial charge in [-0.15, -0.1) is 0 Å². The van der Waals surface area contributed by atoms with Gasteiger partial charge in [0.15, 0.2) is 0 Å². The number of carbonyl (C=O) groups is 2. The molecule has 0 aliphatic carbocycles. The Bertz CT molecular complexity index is 1260. The molecule has 6 nitrogen and oxygen atoms in total. The molecule has 0 unspecified atom stereocenters. The van der Waals surface area contributed by atoms with Gasteiger partial charge in [-0.2, -0.15) is 0 Å². The first kappa shape index (κ1) is 24.6. The zero-order valence-electron chi connectivity index (χ0n) is 20.2. The molecule has 6 heteroatoms. The van der Waals surface area contributed by atoms with Gasteiger partial charge >= 0.3 is 0 Å². The minimum absolute atomic E-state index is 0.166. The van der Waals surface area contributed by atoms with E-state index in [-0.39, 0.29) is 18.3 Å². The number of hydrogen-bond acceptors (Lipinski definition) is 4. The summed E-state index contributed by atoms with van der Waals surface area (Å²) in [6, 6.07) is 11.3. The standard InChI is InChI=1S/C29H32N2O4/c1-20(33)9-3-2-4-10-21-15-22-11-7-8-14-35-28(22)26(16-21)29(34)31-24(19-32)17-23-18-30-27-13-6-5-12-25(23)27/h5-6,12-13,15-16,18,24,30,32H,2-3,7-9,11,14,17,19H2,1H3,(H,31,34)/t24-/m1/s1. The van der Waals surface area contributed by atoms with Gasteiger partial charge in [0.2, 0.25) is 0 Å². The normalized spacial score (nSPS) is 13.7. The molecular weight excluding hydrogens is 440 g/mol. The fourth-order valence-corrected chi connectivity index (χ4v) is 4.46. The Morgan fingerprint density at radius 3 is 2.91 bits per heavy atom. The molecule has 0 saturated heterocycles. The third-order valence-corrected chi connectivity index (χ3v) is 6.26. The highest BCUT2D eigenvalue weighted by atomic mass is 16.5. The number of carbonyl (C=O) groups excluding carboxylic acids is 2. The maximum Gasteiger partial charge on any atom is 0.255 e. The van der Waals surface area contributed by atoms with E-state index in [1.54, 1.807) is 13.0 Å². The number of rotatable bonds is 8. The molecule has 182 valence electrons. The second-order valence-electron chi connectivity index (χ2n) is 9.09. The predicted molar refractivity (Wildman–Crippen MR) is 137 cm³/mol. The number of para-hydroxylation sites is 1. The first-order chi connectivity index (χ1) is 17.0. The van der Waals surface area contributed by atoms with Crippen molar-refractivity contribution in [3.05, 3.63) is 64.8 Å². The zero-order valence-corrected chi connectivity index (χ0v) is 20.2. The van der Waals surface area contributed by atoms with Crippen LogP contribution in [-0.2, 0) is 17.6 Å². The summed E-state index contributed by atoms with van der Waals surface area (Å²) in [7, 11) is 0. The molecule has 1 amide bonds. The number of amides is 1. The van der Waals surface area contributed by atoms with Crippen molar-refractivity contribution in [2.45, 2.75) is 57.9 Å². The summed E-state index contributed by atoms with van der Waals surface area (Å²) in [6.45, 7) is 1.98. The second-order valence-corrected chi connectivity index (χ2v) is 9.09. The van der Waals surface area contributed by atoms with Crippen LogP contribution in [0.2, 0.25) is 0 Å². The summed E-state index contributed by atoms with van der Waals surface area (Å²) >= 11 is 0. The van der Waals surface area contributed by atoms with Crippen LogP contribution in [-0.4, -0.2) is 41.0 Å². The van der Waals surface area contributed by atoms with Crippen molar-refractivity contribution in [2.75, 3.05) is 13.2 Å². The SMILES string of the molecule is CC(=O)CCCC#Cc1cc2c(c(C(=O)N[C@@H](CO)Cc3c[nH]c4ccccc34)c1)OCCCC2. The van der Waals surface area contributed by atoms with Gasteiger partial charge in [-0.1, -0.05) is 30.0 Å². The van der Waals surface area contributed by atoms with Gasteiger partial charge in [0, 0.05) is 35.5 Å². The summed E-state index contributed by atoms with van der Waals surface area (Å²) < 4.78 is 5.99. The van der Waals surface area contributed by atoms with E-state index >= 15 is 0 Å². The Morgan fingerprint density at radius 2 is 2.09 bits per heavy atom. The monoisotopic (exact) mass is 472 g/mol. The average Bonchev–Trinajstić information content (AvgIpc) is 3.10. The quantitative estimate of drug-likeness (QED) is 0.336. The van der Waals surface area contributed by atoms with Gasteiger partial charge in [-0.25, -0.2) is 0 Å². The largest absolute Gasteiger partial charge is 0.492 e. The van der Waals surface area contributed by atoms with Crippen LogP contribution in [0.3, 0.4) is 0 Å². The molecule has 0 spiro atoms. The molecule has 0 saturated carbocycles. The van der Waals surface area contributed by atoms with Crippen LogP contribution in [0.1, 0.15) is 66.1 Å². The van der Waals surface area contributed by atoms with Gasteiger partial charge in [0.1, 0.15) is 11.5 Å². The molecule has 1 atom stereocenters. The van der Waals surface area contributed by atoms with E-state index in [0.717, 1.165) is 53.3 Å². The average molecular weight is 473 g/mol.